The van der Waals surface area contributed by atoms with Gasteiger partial charge in [-0.3, -0.25) is 4.79 Å². The van der Waals surface area contributed by atoms with Gasteiger partial charge in [0, 0.05) is 9.35 Å². The molecule has 2 unspecified atom stereocenters. The minimum Gasteiger partial charge on any atom is -0.469 e. The van der Waals surface area contributed by atoms with Crippen LogP contribution in [0, 0.1) is 5.92 Å². The number of hydrogen-bond donors (Lipinski definition) is 1. The van der Waals surface area contributed by atoms with E-state index in [-0.39, 0.29) is 0 Å². The summed E-state index contributed by atoms with van der Waals surface area (Å²) in [5.74, 6) is -1.04. The highest BCUT2D eigenvalue weighted by Crippen LogP contribution is 2.37. The first-order chi connectivity index (χ1) is 6.97. The van der Waals surface area contributed by atoms with Crippen LogP contribution in [0.1, 0.15) is 17.9 Å². The Labute approximate surface area is 105 Å². The molecule has 0 spiro atoms. The molecule has 0 aliphatic carbocycles. The van der Waals surface area contributed by atoms with Crippen LogP contribution < -0.4 is 0 Å². The Balaban J connectivity index is 2.84. The molecule has 0 aromatic carbocycles. The molecule has 0 aliphatic heterocycles. The van der Waals surface area contributed by atoms with Crippen molar-refractivity contribution in [1.29, 1.82) is 0 Å². The Bertz CT molecular complexity index is 347. The maximum Gasteiger partial charge on any atom is 0.311 e. The van der Waals surface area contributed by atoms with Gasteiger partial charge in [-0.05, 0) is 28.9 Å². The molecule has 1 aromatic rings. The van der Waals surface area contributed by atoms with Gasteiger partial charge in [-0.15, -0.1) is 11.3 Å². The lowest BCUT2D eigenvalue weighted by Gasteiger charge is -2.14. The van der Waals surface area contributed by atoms with Gasteiger partial charge in [0.1, 0.15) is 10.4 Å². The Kier molecular flexibility index (Phi) is 4.58. The van der Waals surface area contributed by atoms with E-state index in [2.05, 4.69) is 20.7 Å². The number of aliphatic hydroxyl groups is 1. The van der Waals surface area contributed by atoms with Crippen LogP contribution in [-0.2, 0) is 9.53 Å². The maximum absolute atomic E-state index is 11.2. The summed E-state index contributed by atoms with van der Waals surface area (Å²) in [5.41, 5.74) is 0. The number of carbonyl (C=O) groups is 1. The lowest BCUT2D eigenvalue weighted by molar-refractivity contribution is -0.148. The predicted molar refractivity (Wildman–Crippen MR) is 63.2 cm³/mol. The minimum absolute atomic E-state index is 0.442. The molecule has 0 aliphatic rings. The van der Waals surface area contributed by atoms with Crippen LogP contribution in [0.25, 0.3) is 0 Å². The largest absolute Gasteiger partial charge is 0.469 e. The number of hydrogen-bond acceptors (Lipinski definition) is 4. The van der Waals surface area contributed by atoms with Crippen LogP contribution in [0.5, 0.6) is 0 Å². The highest BCUT2D eigenvalue weighted by atomic mass is 79.9. The van der Waals surface area contributed by atoms with Crippen LogP contribution in [0.4, 0.5) is 0 Å². The first kappa shape index (κ1) is 13.0. The van der Waals surface area contributed by atoms with Gasteiger partial charge in [0.05, 0.1) is 13.0 Å². The average molecular weight is 314 g/mol. The van der Waals surface area contributed by atoms with E-state index in [9.17, 15) is 9.90 Å². The molecule has 0 radical (unpaired) electrons. The molecule has 6 heteroatoms. The molecule has 15 heavy (non-hydrogen) atoms. The van der Waals surface area contributed by atoms with Gasteiger partial charge in [-0.2, -0.15) is 0 Å². The van der Waals surface area contributed by atoms with E-state index in [1.807, 2.05) is 0 Å². The summed E-state index contributed by atoms with van der Waals surface area (Å²) >= 11 is 10.3. The molecule has 0 amide bonds. The summed E-state index contributed by atoms with van der Waals surface area (Å²) < 4.78 is 5.83. The zero-order valence-corrected chi connectivity index (χ0v) is 11.3. The van der Waals surface area contributed by atoms with Crippen molar-refractivity contribution in [3.63, 3.8) is 0 Å². The van der Waals surface area contributed by atoms with Crippen molar-refractivity contribution >= 4 is 44.8 Å². The SMILES string of the molecule is COC(=O)C(C)C(O)c1cc(Br)c(Cl)s1. The number of carbonyl (C=O) groups excluding carboxylic acids is 1. The lowest BCUT2D eigenvalue weighted by Crippen LogP contribution is -2.19. The van der Waals surface area contributed by atoms with E-state index in [4.69, 9.17) is 11.6 Å². The number of thiophene rings is 1. The molecule has 0 saturated heterocycles. The molecule has 0 bridgehead atoms. The van der Waals surface area contributed by atoms with Crippen molar-refractivity contribution in [1.82, 2.24) is 0 Å². The monoisotopic (exact) mass is 312 g/mol. The second-order valence-corrected chi connectivity index (χ2v) is 5.57. The molecule has 1 heterocycles. The Morgan fingerprint density at radius 1 is 1.73 bits per heavy atom. The highest BCUT2D eigenvalue weighted by Gasteiger charge is 2.26. The van der Waals surface area contributed by atoms with Crippen molar-refractivity contribution < 1.29 is 14.6 Å². The second kappa shape index (κ2) is 5.30. The fourth-order valence-electron chi connectivity index (χ4n) is 1.07. The summed E-state index contributed by atoms with van der Waals surface area (Å²) in [6.07, 6.45) is -0.883. The number of aliphatic hydroxyl groups excluding tert-OH is 1. The summed E-state index contributed by atoms with van der Waals surface area (Å²) in [4.78, 5) is 11.8. The zero-order chi connectivity index (χ0) is 11.6. The molecule has 2 atom stereocenters. The Morgan fingerprint density at radius 3 is 2.73 bits per heavy atom. The fourth-order valence-corrected chi connectivity index (χ4v) is 2.90. The number of esters is 1. The van der Waals surface area contributed by atoms with Crippen LogP contribution in [0.3, 0.4) is 0 Å². The third-order valence-electron chi connectivity index (χ3n) is 2.00. The van der Waals surface area contributed by atoms with Crippen LogP contribution in [0.15, 0.2) is 10.5 Å². The highest BCUT2D eigenvalue weighted by molar-refractivity contribution is 9.10. The van der Waals surface area contributed by atoms with E-state index in [1.165, 1.54) is 18.4 Å². The van der Waals surface area contributed by atoms with Crippen LogP contribution in [0.2, 0.25) is 4.34 Å². The van der Waals surface area contributed by atoms with Gasteiger partial charge < -0.3 is 9.84 Å². The van der Waals surface area contributed by atoms with Crippen molar-refractivity contribution in [2.75, 3.05) is 7.11 Å². The normalized spacial score (nSPS) is 14.7. The standard InChI is InChI=1S/C9H10BrClO3S/c1-4(9(13)14-2)7(12)6-3-5(10)8(11)15-6/h3-4,7,12H,1-2H3. The molecular weight excluding hydrogens is 304 g/mol. The van der Waals surface area contributed by atoms with Gasteiger partial charge in [-0.1, -0.05) is 11.6 Å². The fraction of sp³-hybridized carbons (Fsp3) is 0.444. The smallest absolute Gasteiger partial charge is 0.311 e. The Morgan fingerprint density at radius 2 is 2.33 bits per heavy atom. The maximum atomic E-state index is 11.2. The average Bonchev–Trinajstić information content (AvgIpc) is 2.56. The lowest BCUT2D eigenvalue weighted by atomic mass is 10.0. The summed E-state index contributed by atoms with van der Waals surface area (Å²) in [5, 5.41) is 9.86. The first-order valence-corrected chi connectivity index (χ1v) is 6.16. The van der Waals surface area contributed by atoms with Gasteiger partial charge in [0.25, 0.3) is 0 Å². The van der Waals surface area contributed by atoms with Gasteiger partial charge in [0.2, 0.25) is 0 Å². The van der Waals surface area contributed by atoms with E-state index < -0.39 is 18.0 Å². The third-order valence-corrected chi connectivity index (χ3v) is 4.55. The second-order valence-electron chi connectivity index (χ2n) is 3.03. The third kappa shape index (κ3) is 2.93. The van der Waals surface area contributed by atoms with Gasteiger partial charge >= 0.3 is 5.97 Å². The zero-order valence-electron chi connectivity index (χ0n) is 8.16. The van der Waals surface area contributed by atoms with Gasteiger partial charge in [0.15, 0.2) is 0 Å². The molecule has 84 valence electrons. The number of rotatable bonds is 3. The Hall–Kier alpha value is -0.100. The number of methoxy groups -OCH3 is 1. The van der Waals surface area contributed by atoms with E-state index in [1.54, 1.807) is 13.0 Å². The molecular formula is C9H10BrClO3S. The minimum atomic E-state index is -0.883. The van der Waals surface area contributed by atoms with E-state index in [0.29, 0.717) is 9.21 Å². The molecule has 1 aromatic heterocycles. The predicted octanol–water partition coefficient (Wildman–Crippen LogP) is 3.01. The summed E-state index contributed by atoms with van der Waals surface area (Å²) in [6.45, 7) is 1.61. The molecule has 0 saturated carbocycles. The van der Waals surface area contributed by atoms with E-state index >= 15 is 0 Å². The number of ether oxygens (including phenoxy) is 1. The van der Waals surface area contributed by atoms with Crippen molar-refractivity contribution in [3.8, 4) is 0 Å². The quantitative estimate of drug-likeness (QED) is 0.873. The van der Waals surface area contributed by atoms with Crippen LogP contribution in [-0.4, -0.2) is 18.2 Å². The van der Waals surface area contributed by atoms with Crippen molar-refractivity contribution in [2.45, 2.75) is 13.0 Å². The topological polar surface area (TPSA) is 46.5 Å². The first-order valence-electron chi connectivity index (χ1n) is 4.18. The van der Waals surface area contributed by atoms with Crippen molar-refractivity contribution in [3.05, 3.63) is 19.8 Å². The molecule has 0 fully saturated rings. The van der Waals surface area contributed by atoms with Gasteiger partial charge in [-0.25, -0.2) is 0 Å². The molecule has 3 nitrogen and oxygen atoms in total. The van der Waals surface area contributed by atoms with Crippen LogP contribution >= 0.6 is 38.9 Å². The summed E-state index contributed by atoms with van der Waals surface area (Å²) in [6, 6.07) is 1.71. The van der Waals surface area contributed by atoms with Crippen molar-refractivity contribution in [2.24, 2.45) is 5.92 Å². The van der Waals surface area contributed by atoms with E-state index in [0.717, 1.165) is 4.47 Å². The number of halogens is 2. The molecule has 1 rings (SSSR count). The molecule has 1 N–H and O–H groups in total. The summed E-state index contributed by atoms with van der Waals surface area (Å²) in [7, 11) is 1.29.